The van der Waals surface area contributed by atoms with Gasteiger partial charge in [0.1, 0.15) is 18.1 Å². The van der Waals surface area contributed by atoms with Crippen LogP contribution in [0, 0.1) is 0 Å². The predicted molar refractivity (Wildman–Crippen MR) is 112 cm³/mol. The molecule has 1 saturated heterocycles. The van der Waals surface area contributed by atoms with Gasteiger partial charge in [0.2, 0.25) is 0 Å². The van der Waals surface area contributed by atoms with E-state index in [9.17, 15) is 8.78 Å². The number of rotatable bonds is 6. The van der Waals surface area contributed by atoms with Gasteiger partial charge in [-0.1, -0.05) is 38.5 Å². The van der Waals surface area contributed by atoms with E-state index in [0.717, 1.165) is 12.8 Å². The van der Waals surface area contributed by atoms with Gasteiger partial charge in [-0.25, -0.2) is 8.78 Å². The zero-order valence-corrected chi connectivity index (χ0v) is 17.7. The molecule has 1 aromatic carbocycles. The van der Waals surface area contributed by atoms with E-state index in [1.54, 1.807) is 0 Å². The van der Waals surface area contributed by atoms with Crippen LogP contribution < -0.4 is 4.74 Å². The van der Waals surface area contributed by atoms with Crippen LogP contribution in [-0.4, -0.2) is 26.4 Å². The van der Waals surface area contributed by atoms with Gasteiger partial charge < -0.3 is 14.2 Å². The molecule has 2 aliphatic rings. The summed E-state index contributed by atoms with van der Waals surface area (Å²) in [4.78, 5) is 0. The third kappa shape index (κ3) is 6.43. The minimum atomic E-state index is -0.914. The summed E-state index contributed by atoms with van der Waals surface area (Å²) in [6, 6.07) is 7.74. The molecular weight excluding hydrogens is 374 g/mol. The molecule has 1 heterocycles. The number of hydrogen-bond donors (Lipinski definition) is 0. The first-order valence-corrected chi connectivity index (χ1v) is 10.3. The molecule has 2 atom stereocenters. The summed E-state index contributed by atoms with van der Waals surface area (Å²) in [7, 11) is 1.35. The standard InChI is InChI=1S/C21H24F2O3.C3H8/c1-3-17-8-6-15(12-25-17)14-4-9-18(10-5-14)26-13-16-7-11-19(24-2)21(23)20(16)22;1-3-2/h3-5,9-10,15,17H,1,6-8,11-13H2,2H3;3H2,1-2H3. The summed E-state index contributed by atoms with van der Waals surface area (Å²) < 4.78 is 44.0. The fourth-order valence-electron chi connectivity index (χ4n) is 3.32. The highest BCUT2D eigenvalue weighted by Gasteiger charge is 2.24. The monoisotopic (exact) mass is 406 g/mol. The maximum Gasteiger partial charge on any atom is 0.196 e. The van der Waals surface area contributed by atoms with Gasteiger partial charge in [0.25, 0.3) is 0 Å². The van der Waals surface area contributed by atoms with Gasteiger partial charge in [-0.05, 0) is 37.0 Å². The summed E-state index contributed by atoms with van der Waals surface area (Å²) in [5.74, 6) is -0.713. The normalized spacial score (nSPS) is 22.0. The molecule has 1 fully saturated rings. The Labute approximate surface area is 173 Å². The molecule has 160 valence electrons. The van der Waals surface area contributed by atoms with Crippen molar-refractivity contribution in [1.29, 1.82) is 0 Å². The smallest absolute Gasteiger partial charge is 0.196 e. The highest BCUT2D eigenvalue weighted by molar-refractivity contribution is 5.34. The predicted octanol–water partition coefficient (Wildman–Crippen LogP) is 6.78. The van der Waals surface area contributed by atoms with Crippen molar-refractivity contribution in [3.05, 3.63) is 65.5 Å². The molecular formula is C24H32F2O3. The summed E-state index contributed by atoms with van der Waals surface area (Å²) in [6.45, 7) is 8.73. The van der Waals surface area contributed by atoms with E-state index in [1.807, 2.05) is 30.3 Å². The fourth-order valence-corrected chi connectivity index (χ4v) is 3.32. The second-order valence-corrected chi connectivity index (χ2v) is 7.31. The highest BCUT2D eigenvalue weighted by Crippen LogP contribution is 2.33. The second-order valence-electron chi connectivity index (χ2n) is 7.31. The van der Waals surface area contributed by atoms with Crippen molar-refractivity contribution in [3.63, 3.8) is 0 Å². The van der Waals surface area contributed by atoms with Gasteiger partial charge >= 0.3 is 0 Å². The minimum absolute atomic E-state index is 0.0309. The first-order chi connectivity index (χ1) is 14.0. The number of hydrogen-bond acceptors (Lipinski definition) is 3. The number of allylic oxidation sites excluding steroid dienone is 3. The molecule has 0 N–H and O–H groups in total. The molecule has 1 aliphatic heterocycles. The zero-order chi connectivity index (χ0) is 21.2. The molecule has 3 nitrogen and oxygen atoms in total. The van der Waals surface area contributed by atoms with Crippen LogP contribution in [0.15, 0.2) is 59.9 Å². The lowest BCUT2D eigenvalue weighted by Gasteiger charge is -2.27. The van der Waals surface area contributed by atoms with Crippen LogP contribution in [0.2, 0.25) is 0 Å². The van der Waals surface area contributed by atoms with E-state index in [-0.39, 0.29) is 18.5 Å². The van der Waals surface area contributed by atoms with Crippen molar-refractivity contribution in [3.8, 4) is 5.75 Å². The van der Waals surface area contributed by atoms with Gasteiger partial charge in [0.15, 0.2) is 11.7 Å². The Hall–Kier alpha value is -2.14. The van der Waals surface area contributed by atoms with Crippen LogP contribution in [0.3, 0.4) is 0 Å². The van der Waals surface area contributed by atoms with Crippen molar-refractivity contribution in [2.45, 2.75) is 58.0 Å². The molecule has 29 heavy (non-hydrogen) atoms. The average Bonchev–Trinajstić information content (AvgIpc) is 2.76. The molecule has 2 unspecified atom stereocenters. The molecule has 0 amide bonds. The lowest BCUT2D eigenvalue weighted by molar-refractivity contribution is 0.0329. The van der Waals surface area contributed by atoms with Crippen LogP contribution in [0.25, 0.3) is 0 Å². The number of benzene rings is 1. The number of halogens is 2. The van der Waals surface area contributed by atoms with Crippen LogP contribution in [0.5, 0.6) is 5.75 Å². The van der Waals surface area contributed by atoms with Crippen molar-refractivity contribution in [2.24, 2.45) is 0 Å². The quantitative estimate of drug-likeness (QED) is 0.488. The Balaban J connectivity index is 0.000000941. The molecule has 5 heteroatoms. The van der Waals surface area contributed by atoms with Crippen LogP contribution in [-0.2, 0) is 9.47 Å². The molecule has 1 aliphatic carbocycles. The Bertz CT molecular complexity index is 714. The van der Waals surface area contributed by atoms with Gasteiger partial charge in [-0.2, -0.15) is 0 Å². The van der Waals surface area contributed by atoms with E-state index in [4.69, 9.17) is 14.2 Å². The first kappa shape index (κ1) is 23.1. The minimum Gasteiger partial charge on any atom is -0.498 e. The maximum atomic E-state index is 14.0. The largest absolute Gasteiger partial charge is 0.498 e. The molecule has 0 aromatic heterocycles. The summed E-state index contributed by atoms with van der Waals surface area (Å²) in [5, 5.41) is 0. The van der Waals surface area contributed by atoms with Crippen molar-refractivity contribution in [1.82, 2.24) is 0 Å². The number of methoxy groups -OCH3 is 1. The van der Waals surface area contributed by atoms with Gasteiger partial charge in [0, 0.05) is 17.9 Å². The Morgan fingerprint density at radius 1 is 1.10 bits per heavy atom. The second kappa shape index (κ2) is 11.8. The van der Waals surface area contributed by atoms with E-state index in [0.29, 0.717) is 36.7 Å². The summed E-state index contributed by atoms with van der Waals surface area (Å²) in [6.07, 6.45) is 6.02. The maximum absolute atomic E-state index is 14.0. The van der Waals surface area contributed by atoms with E-state index in [1.165, 1.54) is 19.1 Å². The first-order valence-electron chi connectivity index (χ1n) is 10.3. The molecule has 0 radical (unpaired) electrons. The average molecular weight is 407 g/mol. The molecule has 1 aromatic rings. The Morgan fingerprint density at radius 2 is 1.79 bits per heavy atom. The van der Waals surface area contributed by atoms with Gasteiger partial charge in [-0.3, -0.25) is 0 Å². The zero-order valence-electron chi connectivity index (χ0n) is 17.7. The third-order valence-electron chi connectivity index (χ3n) is 4.99. The SMILES string of the molecule is C=CC1CCC(c2ccc(OCC3=C(F)C(F)=C(OC)CC3)cc2)CO1.CCC. The Morgan fingerprint density at radius 3 is 2.34 bits per heavy atom. The van der Waals surface area contributed by atoms with Crippen LogP contribution >= 0.6 is 0 Å². The fraction of sp³-hybridized carbons (Fsp3) is 0.500. The van der Waals surface area contributed by atoms with Crippen molar-refractivity contribution < 1.29 is 23.0 Å². The van der Waals surface area contributed by atoms with Crippen LogP contribution in [0.1, 0.15) is 57.4 Å². The highest BCUT2D eigenvalue weighted by atomic mass is 19.2. The molecule has 0 bridgehead atoms. The molecule has 0 saturated carbocycles. The topological polar surface area (TPSA) is 27.7 Å². The third-order valence-corrected chi connectivity index (χ3v) is 4.99. The summed E-state index contributed by atoms with van der Waals surface area (Å²) in [5.41, 5.74) is 1.52. The van der Waals surface area contributed by atoms with Crippen molar-refractivity contribution in [2.75, 3.05) is 20.3 Å². The lowest BCUT2D eigenvalue weighted by Crippen LogP contribution is -2.22. The van der Waals surface area contributed by atoms with E-state index < -0.39 is 11.7 Å². The van der Waals surface area contributed by atoms with Crippen molar-refractivity contribution >= 4 is 0 Å². The van der Waals surface area contributed by atoms with E-state index >= 15 is 0 Å². The van der Waals surface area contributed by atoms with Gasteiger partial charge in [-0.15, -0.1) is 6.58 Å². The van der Waals surface area contributed by atoms with Crippen LogP contribution in [0.4, 0.5) is 8.78 Å². The molecule has 3 rings (SSSR count). The Kier molecular flexibility index (Phi) is 9.39. The summed E-state index contributed by atoms with van der Waals surface area (Å²) >= 11 is 0. The van der Waals surface area contributed by atoms with Gasteiger partial charge in [0.05, 0.1) is 19.8 Å². The molecule has 0 spiro atoms. The number of ether oxygens (including phenoxy) is 3. The lowest BCUT2D eigenvalue weighted by atomic mass is 9.91. The van der Waals surface area contributed by atoms with E-state index in [2.05, 4.69) is 20.4 Å².